The Hall–Kier alpha value is 3.46. The van der Waals surface area contributed by atoms with Crippen LogP contribution in [0.3, 0.4) is 0 Å². The van der Waals surface area contributed by atoms with Gasteiger partial charge in [-0.3, -0.25) is 0 Å². The largest absolute Gasteiger partial charge is 2.00 e. The van der Waals surface area contributed by atoms with Crippen LogP contribution in [-0.2, 0) is 16.4 Å². The Balaban J connectivity index is 0. The summed E-state index contributed by atoms with van der Waals surface area (Å²) >= 11 is 0. The van der Waals surface area contributed by atoms with Crippen LogP contribution in [-0.4, -0.2) is 110 Å². The summed E-state index contributed by atoms with van der Waals surface area (Å²) in [6.45, 7) is 0. The minimum atomic E-state index is 0. The molecule has 0 N–H and O–H groups in total. The van der Waals surface area contributed by atoms with Gasteiger partial charge in [0.1, 0.15) is 0 Å². The van der Waals surface area contributed by atoms with E-state index in [0.29, 0.717) is 0 Å². The molecule has 0 aromatic heterocycles. The van der Waals surface area contributed by atoms with Crippen molar-refractivity contribution >= 4 is 110 Å². The van der Waals surface area contributed by atoms with Gasteiger partial charge in [0.05, 0.1) is 0 Å². The molecule has 0 aromatic rings. The molecule has 0 saturated heterocycles. The van der Waals surface area contributed by atoms with Crippen LogP contribution in [0, 0.1) is 0 Å². The third kappa shape index (κ3) is 43.9. The fourth-order valence-corrected chi connectivity index (χ4v) is 0. The summed E-state index contributed by atoms with van der Waals surface area (Å²) in [4.78, 5) is 0. The summed E-state index contributed by atoms with van der Waals surface area (Å²) in [5.41, 5.74) is 0. The second kappa shape index (κ2) is 56.5. The van der Waals surface area contributed by atoms with E-state index in [2.05, 4.69) is 0 Å². The third-order valence-electron chi connectivity index (χ3n) is 0. The Labute approximate surface area is 124 Å². The number of hydrogen-bond acceptors (Lipinski definition) is 0. The molecule has 0 spiro atoms. The zero-order chi connectivity index (χ0) is 0. The standard InChI is InChI=1S/2Al.2Ca.3O.4H/q2*+3;;;3*-2;;;;. The number of hydrogen-bond donors (Lipinski definition) is 0. The van der Waals surface area contributed by atoms with E-state index in [0.717, 1.165) is 0 Å². The first kappa shape index (κ1) is 78.1. The topological polar surface area (TPSA) is 85.5 Å². The van der Waals surface area contributed by atoms with Crippen molar-refractivity contribution in [3.8, 4) is 0 Å². The summed E-state index contributed by atoms with van der Waals surface area (Å²) in [5.74, 6) is 0. The van der Waals surface area contributed by atoms with Crippen molar-refractivity contribution in [3.05, 3.63) is 0 Å². The average molecular weight is 186 g/mol. The molecule has 0 aliphatic carbocycles. The quantitative estimate of drug-likeness (QED) is 0.362. The molecule has 7 heavy (non-hydrogen) atoms. The Morgan fingerprint density at radius 2 is 0.429 bits per heavy atom. The van der Waals surface area contributed by atoms with Gasteiger partial charge in [0.2, 0.25) is 0 Å². The summed E-state index contributed by atoms with van der Waals surface area (Å²) < 4.78 is 0. The predicted octanol–water partition coefficient (Wildman–Crippen LogP) is -2.95. The molecule has 0 aromatic carbocycles. The predicted molar refractivity (Wildman–Crippen MR) is 30.7 cm³/mol. The Bertz CT molecular complexity index is 10.9. The smallest absolute Gasteiger partial charge is 2.00 e. The van der Waals surface area contributed by atoms with Crippen LogP contribution < -0.4 is 0 Å². The third-order valence-corrected chi connectivity index (χ3v) is 0. The summed E-state index contributed by atoms with van der Waals surface area (Å²) in [6.07, 6.45) is 0. The van der Waals surface area contributed by atoms with Crippen molar-refractivity contribution in [1.29, 1.82) is 0 Å². The van der Waals surface area contributed by atoms with Gasteiger partial charge in [0.15, 0.2) is 0 Å². The van der Waals surface area contributed by atoms with E-state index < -0.39 is 0 Å². The molecule has 0 unspecified atom stereocenters. The van der Waals surface area contributed by atoms with Gasteiger partial charge in [-0.1, -0.05) is 0 Å². The van der Waals surface area contributed by atoms with Crippen molar-refractivity contribution in [2.24, 2.45) is 0 Å². The molecule has 3 nitrogen and oxygen atoms in total. The molecular weight excluding hydrogens is 182 g/mol. The molecule has 0 atom stereocenters. The summed E-state index contributed by atoms with van der Waals surface area (Å²) in [6, 6.07) is 0. The Morgan fingerprint density at radius 3 is 0.429 bits per heavy atom. The van der Waals surface area contributed by atoms with Crippen LogP contribution >= 0.6 is 0 Å². The van der Waals surface area contributed by atoms with E-state index in [1.165, 1.54) is 0 Å². The summed E-state index contributed by atoms with van der Waals surface area (Å²) in [7, 11) is 0. The average Bonchev–Trinajstić information content (AvgIpc) is 0. The van der Waals surface area contributed by atoms with Crippen LogP contribution in [0.4, 0.5) is 0 Å². The Morgan fingerprint density at radius 1 is 0.429 bits per heavy atom. The molecule has 0 rings (SSSR count). The monoisotopic (exact) mass is 186 g/mol. The van der Waals surface area contributed by atoms with Gasteiger partial charge < -0.3 is 16.4 Å². The Kier molecular flexibility index (Phi) is 630. The van der Waals surface area contributed by atoms with Crippen molar-refractivity contribution in [2.45, 2.75) is 0 Å². The van der Waals surface area contributed by atoms with Crippen molar-refractivity contribution in [3.63, 3.8) is 0 Å². The molecule has 0 bridgehead atoms. The van der Waals surface area contributed by atoms with E-state index in [9.17, 15) is 0 Å². The second-order valence-electron chi connectivity index (χ2n) is 0. The summed E-state index contributed by atoms with van der Waals surface area (Å²) in [5, 5.41) is 0. The van der Waals surface area contributed by atoms with Gasteiger partial charge in [-0.2, -0.15) is 0 Å². The minimum Gasteiger partial charge on any atom is -2.00 e. The second-order valence-corrected chi connectivity index (χ2v) is 0. The van der Waals surface area contributed by atoms with Crippen molar-refractivity contribution < 1.29 is 16.4 Å². The van der Waals surface area contributed by atoms with E-state index in [-0.39, 0.29) is 127 Å². The maximum atomic E-state index is 0. The molecule has 0 radical (unpaired) electrons. The maximum absolute atomic E-state index is 0. The number of rotatable bonds is 0. The molecule has 0 saturated carbocycles. The molecule has 0 amide bonds. The van der Waals surface area contributed by atoms with E-state index in [4.69, 9.17) is 0 Å². The van der Waals surface area contributed by atoms with E-state index >= 15 is 0 Å². The first-order chi connectivity index (χ1) is 0. The van der Waals surface area contributed by atoms with Crippen molar-refractivity contribution in [1.82, 2.24) is 0 Å². The van der Waals surface area contributed by atoms with Crippen LogP contribution in [0.25, 0.3) is 0 Å². The fourth-order valence-electron chi connectivity index (χ4n) is 0. The zero-order valence-electron chi connectivity index (χ0n) is 2.38. The zero-order valence-corrected chi connectivity index (χ0v) is 4.69. The first-order valence-electron chi connectivity index (χ1n) is 0. The van der Waals surface area contributed by atoms with Crippen LogP contribution in [0.1, 0.15) is 0 Å². The van der Waals surface area contributed by atoms with Gasteiger partial charge >= 0.3 is 110 Å². The maximum Gasteiger partial charge on any atom is -2.00 e. The van der Waals surface area contributed by atoms with Gasteiger partial charge in [-0.15, -0.1) is 0 Å². The fraction of sp³-hybridized carbons (Fsp3) is 0. The molecule has 0 aliphatic rings. The molecule has 0 aliphatic heterocycles. The molecule has 32 valence electrons. The molecule has 7 heteroatoms. The van der Waals surface area contributed by atoms with Gasteiger partial charge in [0.25, 0.3) is 0 Å². The molecule has 0 fully saturated rings. The van der Waals surface area contributed by atoms with E-state index in [1.54, 1.807) is 0 Å². The molecule has 0 heterocycles. The van der Waals surface area contributed by atoms with Crippen LogP contribution in [0.15, 0.2) is 0 Å². The first-order valence-corrected chi connectivity index (χ1v) is 0. The van der Waals surface area contributed by atoms with Gasteiger partial charge in [0, 0.05) is 0 Å². The minimum absolute atomic E-state index is 0. The van der Waals surface area contributed by atoms with Crippen LogP contribution in [0.2, 0.25) is 0 Å². The normalized spacial score (nSPS) is 0. The van der Waals surface area contributed by atoms with Gasteiger partial charge in [-0.25, -0.2) is 0 Å². The van der Waals surface area contributed by atoms with Crippen LogP contribution in [0.5, 0.6) is 0 Å². The van der Waals surface area contributed by atoms with Crippen molar-refractivity contribution in [2.75, 3.05) is 0 Å². The van der Waals surface area contributed by atoms with E-state index in [1.807, 2.05) is 0 Å². The van der Waals surface area contributed by atoms with Gasteiger partial charge in [-0.05, 0) is 0 Å². The SMILES string of the molecule is [Al+3].[Al+3].[CaH2].[CaH2].[O-2].[O-2].[O-2]. The molecular formula is H4Al2Ca2O3.